The van der Waals surface area contributed by atoms with Crippen molar-refractivity contribution in [2.75, 3.05) is 18.1 Å². The Kier molecular flexibility index (Phi) is 6.40. The Morgan fingerprint density at radius 3 is 2.43 bits per heavy atom. The van der Waals surface area contributed by atoms with E-state index in [-0.39, 0.29) is 18.9 Å². The SMILES string of the molecule is NC(=O)c1ccc(N2CC(Oc3ccc(C(F)(F)F)nc3)C[C@H]2COC(F)F)cc1. The van der Waals surface area contributed by atoms with Gasteiger partial charge in [0, 0.05) is 17.7 Å². The van der Waals surface area contributed by atoms with Crippen LogP contribution in [-0.2, 0) is 10.9 Å². The Balaban J connectivity index is 1.73. The molecule has 11 heteroatoms. The smallest absolute Gasteiger partial charge is 0.433 e. The van der Waals surface area contributed by atoms with E-state index < -0.39 is 36.5 Å². The molecule has 1 aliphatic heterocycles. The lowest BCUT2D eigenvalue weighted by Gasteiger charge is -2.26. The van der Waals surface area contributed by atoms with Crippen LogP contribution in [0.15, 0.2) is 42.6 Å². The normalized spacial score (nSPS) is 19.3. The predicted octanol–water partition coefficient (Wildman–Crippen LogP) is 3.46. The third-order valence-electron chi connectivity index (χ3n) is 4.60. The number of hydrogen-bond donors (Lipinski definition) is 1. The number of nitrogens with two attached hydrogens (primary N) is 1. The van der Waals surface area contributed by atoms with Crippen LogP contribution in [-0.4, -0.2) is 42.8 Å². The molecule has 0 bridgehead atoms. The van der Waals surface area contributed by atoms with E-state index in [2.05, 4.69) is 9.72 Å². The van der Waals surface area contributed by atoms with Crippen LogP contribution in [0, 0.1) is 0 Å². The highest BCUT2D eigenvalue weighted by molar-refractivity contribution is 5.93. The van der Waals surface area contributed by atoms with E-state index in [0.29, 0.717) is 17.7 Å². The lowest BCUT2D eigenvalue weighted by atomic mass is 10.1. The maximum Gasteiger partial charge on any atom is 0.433 e. The minimum Gasteiger partial charge on any atom is -0.487 e. The maximum absolute atomic E-state index is 12.6. The molecule has 6 nitrogen and oxygen atoms in total. The van der Waals surface area contributed by atoms with Crippen LogP contribution >= 0.6 is 0 Å². The molecule has 0 spiro atoms. The predicted molar refractivity (Wildman–Crippen MR) is 96.3 cm³/mol. The lowest BCUT2D eigenvalue weighted by molar-refractivity contribution is -0.141. The van der Waals surface area contributed by atoms with Crippen LogP contribution in [0.2, 0.25) is 0 Å². The van der Waals surface area contributed by atoms with Crippen molar-refractivity contribution in [3.05, 3.63) is 53.9 Å². The number of ether oxygens (including phenoxy) is 2. The van der Waals surface area contributed by atoms with Gasteiger partial charge in [-0.05, 0) is 36.4 Å². The van der Waals surface area contributed by atoms with Gasteiger partial charge in [0.15, 0.2) is 0 Å². The quantitative estimate of drug-likeness (QED) is 0.680. The number of pyridine rings is 1. The highest BCUT2D eigenvalue weighted by atomic mass is 19.4. The van der Waals surface area contributed by atoms with Crippen molar-refractivity contribution in [2.24, 2.45) is 5.73 Å². The van der Waals surface area contributed by atoms with Gasteiger partial charge in [-0.3, -0.25) is 4.79 Å². The number of rotatable bonds is 7. The lowest BCUT2D eigenvalue weighted by Crippen LogP contribution is -2.34. The number of anilines is 1. The first-order valence-corrected chi connectivity index (χ1v) is 8.89. The van der Waals surface area contributed by atoms with Crippen LogP contribution in [0.25, 0.3) is 0 Å². The number of alkyl halides is 5. The Bertz CT molecular complexity index is 859. The molecular formula is C19H18F5N3O3. The Hall–Kier alpha value is -2.95. The summed E-state index contributed by atoms with van der Waals surface area (Å²) in [7, 11) is 0. The number of benzene rings is 1. The van der Waals surface area contributed by atoms with E-state index in [1.54, 1.807) is 17.0 Å². The number of carbonyl (C=O) groups excluding carboxylic acids is 1. The Morgan fingerprint density at radius 1 is 1.20 bits per heavy atom. The second-order valence-electron chi connectivity index (χ2n) is 6.66. The largest absolute Gasteiger partial charge is 0.487 e. The summed E-state index contributed by atoms with van der Waals surface area (Å²) in [5, 5.41) is 0. The van der Waals surface area contributed by atoms with E-state index in [9.17, 15) is 26.7 Å². The third kappa shape index (κ3) is 5.35. The topological polar surface area (TPSA) is 77.7 Å². The zero-order valence-corrected chi connectivity index (χ0v) is 15.5. The van der Waals surface area contributed by atoms with E-state index in [1.807, 2.05) is 0 Å². The second-order valence-corrected chi connectivity index (χ2v) is 6.66. The number of hydrogen-bond acceptors (Lipinski definition) is 5. The number of halogens is 5. The van der Waals surface area contributed by atoms with Crippen molar-refractivity contribution < 1.29 is 36.2 Å². The summed E-state index contributed by atoms with van der Waals surface area (Å²) in [4.78, 5) is 16.3. The first-order valence-electron chi connectivity index (χ1n) is 8.89. The summed E-state index contributed by atoms with van der Waals surface area (Å²) in [6, 6.07) is 7.76. The fourth-order valence-corrected chi connectivity index (χ4v) is 3.24. The number of aromatic nitrogens is 1. The van der Waals surface area contributed by atoms with Crippen LogP contribution in [0.3, 0.4) is 0 Å². The number of carbonyl (C=O) groups is 1. The molecule has 2 N–H and O–H groups in total. The fraction of sp³-hybridized carbons (Fsp3) is 0.368. The minimum atomic E-state index is -4.56. The highest BCUT2D eigenvalue weighted by Gasteiger charge is 2.35. The molecule has 2 atom stereocenters. The van der Waals surface area contributed by atoms with Gasteiger partial charge in [0.25, 0.3) is 0 Å². The minimum absolute atomic E-state index is 0.132. The maximum atomic E-state index is 12.6. The standard InChI is InChI=1S/C19H18F5N3O3/c20-18(21)29-10-13-7-15(30-14-5-6-16(26-8-14)19(22,23)24)9-27(13)12-3-1-11(2-4-12)17(25)28/h1-6,8,13,15,18H,7,9-10H2,(H2,25,28)/t13-,15?/m0/s1. The molecule has 0 saturated carbocycles. The average molecular weight is 431 g/mol. The van der Waals surface area contributed by atoms with Crippen LogP contribution in [0.1, 0.15) is 22.5 Å². The molecule has 1 aliphatic rings. The van der Waals surface area contributed by atoms with Gasteiger partial charge in [-0.25, -0.2) is 4.98 Å². The Labute approximate surface area is 168 Å². The van der Waals surface area contributed by atoms with Crippen molar-refractivity contribution in [2.45, 2.75) is 31.4 Å². The third-order valence-corrected chi connectivity index (χ3v) is 4.60. The molecule has 1 amide bonds. The average Bonchev–Trinajstić information content (AvgIpc) is 3.08. The zero-order chi connectivity index (χ0) is 21.9. The summed E-state index contributed by atoms with van der Waals surface area (Å²) in [5.41, 5.74) is 5.11. The van der Waals surface area contributed by atoms with E-state index >= 15 is 0 Å². The molecule has 1 unspecified atom stereocenters. The van der Waals surface area contributed by atoms with Gasteiger partial charge in [0.2, 0.25) is 5.91 Å². The highest BCUT2D eigenvalue weighted by Crippen LogP contribution is 2.31. The van der Waals surface area contributed by atoms with Crippen LogP contribution in [0.4, 0.5) is 27.6 Å². The summed E-state index contributed by atoms with van der Waals surface area (Å²) >= 11 is 0. The summed E-state index contributed by atoms with van der Waals surface area (Å²) in [6.45, 7) is -2.95. The summed E-state index contributed by atoms with van der Waals surface area (Å²) in [5.74, 6) is -0.468. The molecular weight excluding hydrogens is 413 g/mol. The van der Waals surface area contributed by atoms with Crippen molar-refractivity contribution in [1.82, 2.24) is 4.98 Å². The second kappa shape index (κ2) is 8.82. The van der Waals surface area contributed by atoms with Gasteiger partial charge in [-0.1, -0.05) is 0 Å². The van der Waals surface area contributed by atoms with E-state index in [1.165, 1.54) is 12.1 Å². The molecule has 162 valence electrons. The Morgan fingerprint density at radius 2 is 1.90 bits per heavy atom. The molecule has 1 saturated heterocycles. The van der Waals surface area contributed by atoms with Crippen molar-refractivity contribution >= 4 is 11.6 Å². The van der Waals surface area contributed by atoms with E-state index in [4.69, 9.17) is 10.5 Å². The number of amides is 1. The summed E-state index contributed by atoms with van der Waals surface area (Å²) < 4.78 is 73.1. The molecule has 2 aromatic rings. The first-order chi connectivity index (χ1) is 14.1. The van der Waals surface area contributed by atoms with Gasteiger partial charge in [-0.15, -0.1) is 0 Å². The van der Waals surface area contributed by atoms with Crippen LogP contribution in [0.5, 0.6) is 5.75 Å². The molecule has 0 aliphatic carbocycles. The van der Waals surface area contributed by atoms with Gasteiger partial charge in [-0.2, -0.15) is 22.0 Å². The molecule has 2 heterocycles. The van der Waals surface area contributed by atoms with Crippen molar-refractivity contribution in [1.29, 1.82) is 0 Å². The van der Waals surface area contributed by atoms with Gasteiger partial charge in [0.05, 0.1) is 25.4 Å². The zero-order valence-electron chi connectivity index (χ0n) is 15.5. The van der Waals surface area contributed by atoms with Crippen molar-refractivity contribution in [3.63, 3.8) is 0 Å². The van der Waals surface area contributed by atoms with Crippen molar-refractivity contribution in [3.8, 4) is 5.75 Å². The molecule has 1 fully saturated rings. The van der Waals surface area contributed by atoms with Gasteiger partial charge >= 0.3 is 12.8 Å². The molecule has 3 rings (SSSR count). The summed E-state index contributed by atoms with van der Waals surface area (Å²) in [6.07, 6.45) is -3.79. The van der Waals surface area contributed by atoms with E-state index in [0.717, 1.165) is 18.3 Å². The molecule has 0 radical (unpaired) electrons. The molecule has 1 aromatic heterocycles. The number of primary amides is 1. The molecule has 30 heavy (non-hydrogen) atoms. The monoisotopic (exact) mass is 431 g/mol. The van der Waals surface area contributed by atoms with Gasteiger partial charge in [0.1, 0.15) is 17.5 Å². The fourth-order valence-electron chi connectivity index (χ4n) is 3.24. The number of nitrogens with zero attached hydrogens (tertiary/aromatic N) is 2. The first kappa shape index (κ1) is 21.8. The molecule has 1 aromatic carbocycles. The van der Waals surface area contributed by atoms with Crippen LogP contribution < -0.4 is 15.4 Å². The van der Waals surface area contributed by atoms with Gasteiger partial charge < -0.3 is 20.1 Å².